The highest BCUT2D eigenvalue weighted by molar-refractivity contribution is 6.31. The number of carboxylic acid groups (broad SMARTS) is 1. The van der Waals surface area contributed by atoms with Crippen LogP contribution in [-0.4, -0.2) is 35.0 Å². The Kier molecular flexibility index (Phi) is 4.52. The van der Waals surface area contributed by atoms with E-state index in [1.165, 1.54) is 17.0 Å². The smallest absolute Gasteiger partial charge is 0.309 e. The first-order chi connectivity index (χ1) is 9.89. The Balaban J connectivity index is 2.13. The molecule has 0 aromatic heterocycles. The van der Waals surface area contributed by atoms with Crippen molar-refractivity contribution < 1.29 is 19.1 Å². The van der Waals surface area contributed by atoms with Gasteiger partial charge < -0.3 is 10.0 Å². The third kappa shape index (κ3) is 3.02. The monoisotopic (exact) mass is 313 g/mol. The van der Waals surface area contributed by atoms with Gasteiger partial charge in [-0.3, -0.25) is 9.59 Å². The van der Waals surface area contributed by atoms with Gasteiger partial charge in [0.15, 0.2) is 0 Å². The zero-order chi connectivity index (χ0) is 15.6. The molecule has 2 rings (SSSR count). The summed E-state index contributed by atoms with van der Waals surface area (Å²) in [5.74, 6) is -1.88. The van der Waals surface area contributed by atoms with Crippen molar-refractivity contribution in [3.05, 3.63) is 34.6 Å². The van der Waals surface area contributed by atoms with Crippen LogP contribution >= 0.6 is 11.6 Å². The van der Waals surface area contributed by atoms with Crippen LogP contribution in [0.25, 0.3) is 0 Å². The van der Waals surface area contributed by atoms with Crippen LogP contribution in [-0.2, 0) is 4.79 Å². The van der Waals surface area contributed by atoms with Crippen molar-refractivity contribution in [3.8, 4) is 0 Å². The van der Waals surface area contributed by atoms with E-state index in [2.05, 4.69) is 0 Å². The highest BCUT2D eigenvalue weighted by Gasteiger charge is 2.41. The van der Waals surface area contributed by atoms with Crippen molar-refractivity contribution in [2.24, 2.45) is 5.41 Å². The minimum absolute atomic E-state index is 0.0678. The van der Waals surface area contributed by atoms with E-state index >= 15 is 0 Å². The lowest BCUT2D eigenvalue weighted by Crippen LogP contribution is -2.46. The highest BCUT2D eigenvalue weighted by Crippen LogP contribution is 2.35. The van der Waals surface area contributed by atoms with Gasteiger partial charge in [-0.25, -0.2) is 4.39 Å². The van der Waals surface area contributed by atoms with Crippen molar-refractivity contribution in [2.75, 3.05) is 13.1 Å². The summed E-state index contributed by atoms with van der Waals surface area (Å²) in [4.78, 5) is 25.2. The van der Waals surface area contributed by atoms with Crippen molar-refractivity contribution in [1.82, 2.24) is 4.90 Å². The number of benzene rings is 1. The van der Waals surface area contributed by atoms with Crippen LogP contribution in [0.3, 0.4) is 0 Å². The first kappa shape index (κ1) is 15.8. The number of aliphatic carboxylic acids is 1. The van der Waals surface area contributed by atoms with Crippen LogP contribution in [0.2, 0.25) is 5.02 Å². The first-order valence-electron chi connectivity index (χ1n) is 6.87. The van der Waals surface area contributed by atoms with Gasteiger partial charge >= 0.3 is 5.97 Å². The molecule has 1 aliphatic heterocycles. The number of piperidine rings is 1. The fourth-order valence-electron chi connectivity index (χ4n) is 2.69. The van der Waals surface area contributed by atoms with Crippen LogP contribution in [0.4, 0.5) is 4.39 Å². The molecule has 0 atom stereocenters. The first-order valence-corrected chi connectivity index (χ1v) is 7.25. The Bertz CT molecular complexity index is 568. The Morgan fingerprint density at radius 2 is 2.00 bits per heavy atom. The summed E-state index contributed by atoms with van der Waals surface area (Å²) in [7, 11) is 0. The summed E-state index contributed by atoms with van der Waals surface area (Å²) in [6.45, 7) is 2.46. The number of hydrogen-bond acceptors (Lipinski definition) is 2. The molecule has 0 aliphatic carbocycles. The number of nitrogens with zero attached hydrogens (tertiary/aromatic N) is 1. The minimum atomic E-state index is -0.828. The molecule has 0 spiro atoms. The second kappa shape index (κ2) is 6.02. The highest BCUT2D eigenvalue weighted by atomic mass is 35.5. The topological polar surface area (TPSA) is 57.6 Å². The van der Waals surface area contributed by atoms with Gasteiger partial charge in [-0.2, -0.15) is 0 Å². The van der Waals surface area contributed by atoms with E-state index < -0.39 is 23.1 Å². The third-order valence-corrected chi connectivity index (χ3v) is 4.53. The second-order valence-electron chi connectivity index (χ2n) is 5.36. The number of carboxylic acids is 1. The van der Waals surface area contributed by atoms with Crippen LogP contribution in [0.5, 0.6) is 0 Å². The Hall–Kier alpha value is -1.62. The van der Waals surface area contributed by atoms with E-state index in [1.54, 1.807) is 0 Å². The lowest BCUT2D eigenvalue weighted by atomic mass is 9.76. The Labute approximate surface area is 127 Å². The zero-order valence-corrected chi connectivity index (χ0v) is 12.5. The summed E-state index contributed by atoms with van der Waals surface area (Å²) >= 11 is 5.79. The number of rotatable bonds is 3. The fourth-order valence-corrected chi connectivity index (χ4v) is 2.86. The van der Waals surface area contributed by atoms with Gasteiger partial charge in [0.25, 0.3) is 5.91 Å². The SMILES string of the molecule is CCC1(C(=O)O)CCN(C(=O)c2cc(Cl)ccc2F)CC1. The van der Waals surface area contributed by atoms with Crippen molar-refractivity contribution in [3.63, 3.8) is 0 Å². The van der Waals surface area contributed by atoms with E-state index in [4.69, 9.17) is 11.6 Å². The minimum Gasteiger partial charge on any atom is -0.481 e. The molecule has 1 aromatic rings. The summed E-state index contributed by atoms with van der Waals surface area (Å²) < 4.78 is 13.7. The summed E-state index contributed by atoms with van der Waals surface area (Å²) in [5, 5.41) is 9.63. The van der Waals surface area contributed by atoms with Gasteiger partial charge in [0.1, 0.15) is 5.82 Å². The van der Waals surface area contributed by atoms with Gasteiger partial charge in [0, 0.05) is 18.1 Å². The second-order valence-corrected chi connectivity index (χ2v) is 5.79. The van der Waals surface area contributed by atoms with E-state index in [9.17, 15) is 19.1 Å². The zero-order valence-electron chi connectivity index (χ0n) is 11.7. The average molecular weight is 314 g/mol. The molecule has 1 amide bonds. The molecule has 0 radical (unpaired) electrons. The Morgan fingerprint density at radius 1 is 1.38 bits per heavy atom. The molecular formula is C15H17ClFNO3. The van der Waals surface area contributed by atoms with Crippen LogP contribution in [0.15, 0.2) is 18.2 Å². The van der Waals surface area contributed by atoms with Gasteiger partial charge in [0.2, 0.25) is 0 Å². The number of carbonyl (C=O) groups excluding carboxylic acids is 1. The third-order valence-electron chi connectivity index (χ3n) is 4.30. The van der Waals surface area contributed by atoms with Gasteiger partial charge in [-0.05, 0) is 37.5 Å². The van der Waals surface area contributed by atoms with Crippen LogP contribution in [0.1, 0.15) is 36.5 Å². The predicted molar refractivity (Wildman–Crippen MR) is 76.9 cm³/mol. The summed E-state index contributed by atoms with van der Waals surface area (Å²) in [5.41, 5.74) is -0.842. The summed E-state index contributed by atoms with van der Waals surface area (Å²) in [6, 6.07) is 3.85. The largest absolute Gasteiger partial charge is 0.481 e. The number of likely N-dealkylation sites (tertiary alicyclic amines) is 1. The molecule has 114 valence electrons. The molecule has 1 saturated heterocycles. The van der Waals surface area contributed by atoms with Gasteiger partial charge in [-0.1, -0.05) is 18.5 Å². The number of hydrogen-bond donors (Lipinski definition) is 1. The molecule has 0 unspecified atom stereocenters. The van der Waals surface area contributed by atoms with E-state index in [0.29, 0.717) is 37.4 Å². The quantitative estimate of drug-likeness (QED) is 0.932. The lowest BCUT2D eigenvalue weighted by molar-refractivity contribution is -0.152. The van der Waals surface area contributed by atoms with E-state index in [-0.39, 0.29) is 5.56 Å². The fraction of sp³-hybridized carbons (Fsp3) is 0.467. The molecule has 21 heavy (non-hydrogen) atoms. The molecule has 0 bridgehead atoms. The maximum Gasteiger partial charge on any atom is 0.309 e. The van der Waals surface area contributed by atoms with Crippen LogP contribution < -0.4 is 0 Å². The van der Waals surface area contributed by atoms with Gasteiger partial charge in [-0.15, -0.1) is 0 Å². The Morgan fingerprint density at radius 3 is 2.52 bits per heavy atom. The maximum atomic E-state index is 13.7. The molecule has 6 heteroatoms. The van der Waals surface area contributed by atoms with Crippen LogP contribution in [0, 0.1) is 11.2 Å². The molecule has 1 fully saturated rings. The molecule has 1 aliphatic rings. The molecule has 1 heterocycles. The number of halogens is 2. The maximum absolute atomic E-state index is 13.7. The van der Waals surface area contributed by atoms with Crippen molar-refractivity contribution in [2.45, 2.75) is 26.2 Å². The molecular weight excluding hydrogens is 297 g/mol. The lowest BCUT2D eigenvalue weighted by Gasteiger charge is -2.38. The summed E-state index contributed by atoms with van der Waals surface area (Å²) in [6.07, 6.45) is 1.29. The van der Waals surface area contributed by atoms with E-state index in [1.807, 2.05) is 6.92 Å². The van der Waals surface area contributed by atoms with Gasteiger partial charge in [0.05, 0.1) is 11.0 Å². The average Bonchev–Trinajstić information content (AvgIpc) is 2.49. The van der Waals surface area contributed by atoms with E-state index in [0.717, 1.165) is 6.07 Å². The number of carbonyl (C=O) groups is 2. The molecule has 1 N–H and O–H groups in total. The molecule has 4 nitrogen and oxygen atoms in total. The number of amides is 1. The molecule has 0 saturated carbocycles. The predicted octanol–water partition coefficient (Wildman–Crippen LogP) is 3.20. The molecule has 1 aromatic carbocycles. The van der Waals surface area contributed by atoms with Crippen molar-refractivity contribution >= 4 is 23.5 Å². The van der Waals surface area contributed by atoms with Crippen molar-refractivity contribution in [1.29, 1.82) is 0 Å². The standard InChI is InChI=1S/C15H17ClFNO3/c1-2-15(14(20)21)5-7-18(8-6-15)13(19)11-9-10(16)3-4-12(11)17/h3-4,9H,2,5-8H2,1H3,(H,20,21). The normalized spacial score (nSPS) is 17.6.